The van der Waals surface area contributed by atoms with E-state index >= 15 is 0 Å². The highest BCUT2D eigenvalue weighted by Crippen LogP contribution is 2.13. The third-order valence-corrected chi connectivity index (χ3v) is 6.05. The van der Waals surface area contributed by atoms with Gasteiger partial charge in [-0.05, 0) is 35.6 Å². The monoisotopic (exact) mass is 530 g/mol. The number of carbonyl (C=O) groups is 4. The Kier molecular flexibility index (Phi) is 11.4. The van der Waals surface area contributed by atoms with Gasteiger partial charge in [0.1, 0.15) is 23.9 Å². The lowest BCUT2D eigenvalue weighted by molar-refractivity contribution is -0.142. The average Bonchev–Trinajstić information content (AvgIpc) is 2.86. The van der Waals surface area contributed by atoms with Gasteiger partial charge >= 0.3 is 5.97 Å². The quantitative estimate of drug-likeness (QED) is 0.186. The Bertz CT molecular complexity index is 1060. The summed E-state index contributed by atoms with van der Waals surface area (Å²) in [5.74, 6) is -3.58. The second kappa shape index (κ2) is 14.2. The molecule has 11 heteroatoms. The van der Waals surface area contributed by atoms with Crippen LogP contribution in [0.25, 0.3) is 0 Å². The first-order valence-corrected chi connectivity index (χ1v) is 12.5. The number of phenols is 1. The summed E-state index contributed by atoms with van der Waals surface area (Å²) in [5, 5.41) is 26.5. The number of carboxylic acids is 1. The Morgan fingerprint density at radius 1 is 0.811 bits per heavy atom. The number of nitrogens with one attached hydrogen (secondary N) is 3. The Morgan fingerprint density at radius 2 is 1.38 bits per heavy atom. The molecule has 0 aromatic heterocycles. The van der Waals surface area contributed by atoms with E-state index in [1.54, 1.807) is 26.0 Å². The van der Waals surface area contributed by atoms with Gasteiger partial charge in [0.15, 0.2) is 0 Å². The lowest BCUT2D eigenvalue weighted by atomic mass is 10.00. The Labute approximate surface area is 221 Å². The van der Waals surface area contributed by atoms with Gasteiger partial charge in [0.25, 0.3) is 0 Å². The van der Waals surface area contributed by atoms with Crippen LogP contribution in [-0.4, -0.2) is 63.8 Å². The summed E-state index contributed by atoms with van der Waals surface area (Å²) < 4.78 is 0. The molecule has 7 N–H and O–H groups in total. The first kappa shape index (κ1) is 29.7. The zero-order chi connectivity index (χ0) is 27.5. The van der Waals surface area contributed by atoms with E-state index in [4.69, 9.17) is 5.73 Å². The zero-order valence-corrected chi connectivity index (χ0v) is 21.7. The highest BCUT2D eigenvalue weighted by molar-refractivity contribution is 7.80. The van der Waals surface area contributed by atoms with Crippen LogP contribution in [0.2, 0.25) is 0 Å². The van der Waals surface area contributed by atoms with Gasteiger partial charge in [0.05, 0.1) is 6.04 Å². The maximum atomic E-state index is 13.3. The Balaban J connectivity index is 2.20. The number of hydrogen-bond acceptors (Lipinski definition) is 7. The van der Waals surface area contributed by atoms with Crippen molar-refractivity contribution in [1.29, 1.82) is 0 Å². The molecule has 37 heavy (non-hydrogen) atoms. The van der Waals surface area contributed by atoms with Crippen molar-refractivity contribution in [3.05, 3.63) is 65.7 Å². The van der Waals surface area contributed by atoms with Crippen molar-refractivity contribution in [3.8, 4) is 5.75 Å². The molecule has 200 valence electrons. The summed E-state index contributed by atoms with van der Waals surface area (Å²) in [6, 6.07) is 11.0. The maximum Gasteiger partial charge on any atom is 0.327 e. The van der Waals surface area contributed by atoms with Gasteiger partial charge < -0.3 is 31.9 Å². The molecular weight excluding hydrogens is 496 g/mol. The van der Waals surface area contributed by atoms with Gasteiger partial charge in [-0.2, -0.15) is 12.6 Å². The van der Waals surface area contributed by atoms with E-state index in [0.717, 1.165) is 5.56 Å². The molecule has 0 spiro atoms. The molecule has 0 aliphatic rings. The topological polar surface area (TPSA) is 171 Å². The summed E-state index contributed by atoms with van der Waals surface area (Å²) in [4.78, 5) is 50.3. The number of nitrogens with two attached hydrogens (primary N) is 1. The molecule has 0 aliphatic heterocycles. The van der Waals surface area contributed by atoms with Gasteiger partial charge in [-0.15, -0.1) is 0 Å². The second-order valence-corrected chi connectivity index (χ2v) is 9.41. The van der Waals surface area contributed by atoms with E-state index in [-0.39, 0.29) is 30.3 Å². The third-order valence-electron chi connectivity index (χ3n) is 5.69. The number of hydrogen-bond donors (Lipinski definition) is 7. The van der Waals surface area contributed by atoms with Crippen molar-refractivity contribution < 1.29 is 29.4 Å². The van der Waals surface area contributed by atoms with Crippen LogP contribution in [0.1, 0.15) is 25.0 Å². The molecule has 0 saturated carbocycles. The summed E-state index contributed by atoms with van der Waals surface area (Å²) >= 11 is 3.95. The van der Waals surface area contributed by atoms with E-state index in [2.05, 4.69) is 28.6 Å². The minimum absolute atomic E-state index is 0.0485. The smallest absolute Gasteiger partial charge is 0.327 e. The van der Waals surface area contributed by atoms with Crippen LogP contribution in [0.4, 0.5) is 0 Å². The number of thiol groups is 1. The molecular formula is C26H34N4O6S. The predicted molar refractivity (Wildman–Crippen MR) is 142 cm³/mol. The van der Waals surface area contributed by atoms with Crippen LogP contribution in [-0.2, 0) is 32.0 Å². The molecule has 4 unspecified atom stereocenters. The van der Waals surface area contributed by atoms with Crippen LogP contribution in [0, 0.1) is 5.92 Å². The van der Waals surface area contributed by atoms with Crippen molar-refractivity contribution >= 4 is 36.3 Å². The summed E-state index contributed by atoms with van der Waals surface area (Å²) in [5.41, 5.74) is 7.62. The molecule has 2 aromatic rings. The normalized spacial score (nSPS) is 14.2. The molecule has 2 rings (SSSR count). The largest absolute Gasteiger partial charge is 0.508 e. The van der Waals surface area contributed by atoms with Crippen molar-refractivity contribution in [2.24, 2.45) is 11.7 Å². The predicted octanol–water partition coefficient (Wildman–Crippen LogP) is 0.630. The highest BCUT2D eigenvalue weighted by atomic mass is 32.1. The minimum Gasteiger partial charge on any atom is -0.508 e. The molecule has 0 heterocycles. The number of benzene rings is 2. The first-order valence-electron chi connectivity index (χ1n) is 11.8. The van der Waals surface area contributed by atoms with Crippen molar-refractivity contribution in [2.45, 2.75) is 50.9 Å². The molecule has 0 bridgehead atoms. The van der Waals surface area contributed by atoms with Crippen LogP contribution >= 0.6 is 12.6 Å². The average molecular weight is 531 g/mol. The first-order chi connectivity index (χ1) is 17.5. The van der Waals surface area contributed by atoms with Crippen molar-refractivity contribution in [1.82, 2.24) is 16.0 Å². The third kappa shape index (κ3) is 9.43. The number of amides is 3. The SMILES string of the molecule is CC(C)C(NC(=O)C(Cc1ccc(O)cc1)NC(=O)C(N)Cc1ccccc1)C(=O)NC(CS)C(=O)O. The van der Waals surface area contributed by atoms with E-state index in [0.29, 0.717) is 5.56 Å². The van der Waals surface area contributed by atoms with E-state index in [9.17, 15) is 29.4 Å². The van der Waals surface area contributed by atoms with Gasteiger partial charge in [-0.3, -0.25) is 14.4 Å². The summed E-state index contributed by atoms with van der Waals surface area (Å²) in [6.45, 7) is 3.40. The molecule has 0 aliphatic carbocycles. The molecule has 2 aromatic carbocycles. The zero-order valence-electron chi connectivity index (χ0n) is 20.8. The van der Waals surface area contributed by atoms with Crippen LogP contribution in [0.15, 0.2) is 54.6 Å². The van der Waals surface area contributed by atoms with Gasteiger partial charge in [-0.25, -0.2) is 4.79 Å². The highest BCUT2D eigenvalue weighted by Gasteiger charge is 2.31. The molecule has 3 amide bonds. The second-order valence-electron chi connectivity index (χ2n) is 9.04. The van der Waals surface area contributed by atoms with Crippen LogP contribution in [0.3, 0.4) is 0 Å². The van der Waals surface area contributed by atoms with Crippen molar-refractivity contribution in [3.63, 3.8) is 0 Å². The number of phenolic OH excluding ortho intramolecular Hbond substituents is 1. The maximum absolute atomic E-state index is 13.3. The van der Waals surface area contributed by atoms with Gasteiger partial charge in [-0.1, -0.05) is 56.3 Å². The molecule has 10 nitrogen and oxygen atoms in total. The fraction of sp³-hybridized carbons (Fsp3) is 0.385. The number of aliphatic carboxylic acids is 1. The standard InChI is InChI=1S/C26H34N4O6S/c1-15(2)22(25(34)29-21(14-37)26(35)36)30-24(33)20(13-17-8-10-18(31)11-9-17)28-23(32)19(27)12-16-6-4-3-5-7-16/h3-11,15,19-22,31,37H,12-14,27H2,1-2H3,(H,28,32)(H,29,34)(H,30,33)(H,35,36). The van der Waals surface area contributed by atoms with Gasteiger partial charge in [0, 0.05) is 12.2 Å². The number of carbonyl (C=O) groups excluding carboxylic acids is 3. The number of carboxylic acid groups (broad SMARTS) is 1. The van der Waals surface area contributed by atoms with E-state index in [1.807, 2.05) is 30.3 Å². The summed E-state index contributed by atoms with van der Waals surface area (Å²) in [7, 11) is 0. The molecule has 0 saturated heterocycles. The molecule has 4 atom stereocenters. The van der Waals surface area contributed by atoms with E-state index < -0.39 is 47.9 Å². The summed E-state index contributed by atoms with van der Waals surface area (Å²) in [6.07, 6.45) is 0.328. The Morgan fingerprint density at radius 3 is 1.92 bits per heavy atom. The fourth-order valence-corrected chi connectivity index (χ4v) is 3.80. The van der Waals surface area contributed by atoms with Crippen molar-refractivity contribution in [2.75, 3.05) is 5.75 Å². The number of aromatic hydroxyl groups is 1. The molecule has 0 fully saturated rings. The lowest BCUT2D eigenvalue weighted by Crippen LogP contribution is -2.59. The van der Waals surface area contributed by atoms with Crippen LogP contribution in [0.5, 0.6) is 5.75 Å². The van der Waals surface area contributed by atoms with E-state index in [1.165, 1.54) is 12.1 Å². The fourth-order valence-electron chi connectivity index (χ4n) is 3.55. The number of rotatable bonds is 13. The minimum atomic E-state index is -1.25. The lowest BCUT2D eigenvalue weighted by Gasteiger charge is -2.27. The van der Waals surface area contributed by atoms with Gasteiger partial charge in [0.2, 0.25) is 17.7 Å². The molecule has 0 radical (unpaired) electrons. The Hall–Kier alpha value is -3.57. The van der Waals surface area contributed by atoms with Crippen LogP contribution < -0.4 is 21.7 Å².